The Labute approximate surface area is 150 Å². The van der Waals surface area contributed by atoms with Gasteiger partial charge in [0.15, 0.2) is 5.96 Å². The quantitative estimate of drug-likeness (QED) is 0.405. The molecular formula is C16H30IN3O2. The van der Waals surface area contributed by atoms with E-state index in [0.29, 0.717) is 12.0 Å². The predicted molar refractivity (Wildman–Crippen MR) is 98.9 cm³/mol. The molecule has 2 N–H and O–H groups in total. The number of aliphatic imine (C=N–C) groups is 1. The van der Waals surface area contributed by atoms with Gasteiger partial charge in [-0.05, 0) is 37.5 Å². The third-order valence-electron chi connectivity index (χ3n) is 5.61. The highest BCUT2D eigenvalue weighted by Gasteiger charge is 2.40. The van der Waals surface area contributed by atoms with Gasteiger partial charge < -0.3 is 20.1 Å². The highest BCUT2D eigenvalue weighted by molar-refractivity contribution is 14.0. The van der Waals surface area contributed by atoms with Crippen LogP contribution in [-0.4, -0.2) is 61.5 Å². The maximum absolute atomic E-state index is 10.5. The van der Waals surface area contributed by atoms with Crippen LogP contribution < -0.4 is 5.32 Å². The summed E-state index contributed by atoms with van der Waals surface area (Å²) in [6.07, 6.45) is 7.69. The van der Waals surface area contributed by atoms with E-state index in [2.05, 4.69) is 15.2 Å². The first kappa shape index (κ1) is 18.3. The van der Waals surface area contributed by atoms with Gasteiger partial charge in [0.05, 0.1) is 5.60 Å². The summed E-state index contributed by atoms with van der Waals surface area (Å²) in [4.78, 5) is 6.79. The van der Waals surface area contributed by atoms with Crippen LogP contribution in [0.4, 0.5) is 0 Å². The summed E-state index contributed by atoms with van der Waals surface area (Å²) in [6, 6.07) is 0. The fourth-order valence-corrected chi connectivity index (χ4v) is 4.11. The molecule has 5 nitrogen and oxygen atoms in total. The number of aliphatic hydroxyl groups is 1. The second-order valence-corrected chi connectivity index (χ2v) is 7.12. The van der Waals surface area contributed by atoms with Crippen molar-refractivity contribution in [3.63, 3.8) is 0 Å². The van der Waals surface area contributed by atoms with E-state index in [9.17, 15) is 5.11 Å². The lowest BCUT2D eigenvalue weighted by atomic mass is 9.80. The van der Waals surface area contributed by atoms with Crippen molar-refractivity contribution in [3.05, 3.63) is 0 Å². The van der Waals surface area contributed by atoms with Crippen LogP contribution in [0.3, 0.4) is 0 Å². The van der Waals surface area contributed by atoms with Gasteiger partial charge >= 0.3 is 0 Å². The van der Waals surface area contributed by atoms with E-state index in [0.717, 1.165) is 57.9 Å². The van der Waals surface area contributed by atoms with Gasteiger partial charge in [-0.3, -0.25) is 4.99 Å². The van der Waals surface area contributed by atoms with Gasteiger partial charge in [-0.1, -0.05) is 12.8 Å². The van der Waals surface area contributed by atoms with Crippen LogP contribution in [-0.2, 0) is 4.74 Å². The minimum Gasteiger partial charge on any atom is -0.388 e. The van der Waals surface area contributed by atoms with Crippen molar-refractivity contribution < 1.29 is 9.84 Å². The van der Waals surface area contributed by atoms with Crippen molar-refractivity contribution in [2.75, 3.05) is 39.9 Å². The molecule has 0 bridgehead atoms. The van der Waals surface area contributed by atoms with Gasteiger partial charge in [0.25, 0.3) is 0 Å². The van der Waals surface area contributed by atoms with Crippen molar-refractivity contribution in [1.82, 2.24) is 10.2 Å². The number of guanidine groups is 1. The van der Waals surface area contributed by atoms with Crippen LogP contribution in [0.5, 0.6) is 0 Å². The topological polar surface area (TPSA) is 57.1 Å². The Morgan fingerprint density at radius 3 is 2.50 bits per heavy atom. The summed E-state index contributed by atoms with van der Waals surface area (Å²) in [6.45, 7) is 4.58. The van der Waals surface area contributed by atoms with E-state index >= 15 is 0 Å². The molecule has 1 saturated carbocycles. The van der Waals surface area contributed by atoms with E-state index in [1.807, 2.05) is 7.05 Å². The van der Waals surface area contributed by atoms with Gasteiger partial charge in [0.2, 0.25) is 0 Å². The first-order valence-electron chi connectivity index (χ1n) is 8.41. The number of nitrogens with zero attached hydrogens (tertiary/aromatic N) is 2. The van der Waals surface area contributed by atoms with Crippen LogP contribution in [0, 0.1) is 5.41 Å². The second kappa shape index (κ2) is 7.66. The molecular weight excluding hydrogens is 393 g/mol. The van der Waals surface area contributed by atoms with Gasteiger partial charge in [0.1, 0.15) is 0 Å². The van der Waals surface area contributed by atoms with Gasteiger partial charge in [-0.2, -0.15) is 0 Å². The van der Waals surface area contributed by atoms with Crippen molar-refractivity contribution in [3.8, 4) is 0 Å². The lowest BCUT2D eigenvalue weighted by Crippen LogP contribution is -2.47. The van der Waals surface area contributed by atoms with E-state index in [4.69, 9.17) is 4.74 Å². The normalized spacial score (nSPS) is 27.0. The average molecular weight is 423 g/mol. The molecule has 128 valence electrons. The molecule has 0 aromatic heterocycles. The minimum absolute atomic E-state index is 0. The number of nitrogens with one attached hydrogen (secondary N) is 1. The molecule has 0 unspecified atom stereocenters. The summed E-state index contributed by atoms with van der Waals surface area (Å²) in [5.74, 6) is 0.957. The fraction of sp³-hybridized carbons (Fsp3) is 0.938. The standard InChI is InChI=1S/C16H29N3O2.HI/c1-17-14(18-12-16(20)4-2-3-5-16)19-9-6-15(13-19)7-10-21-11-8-15;/h20H,2-13H2,1H3,(H,17,18);1H. The molecule has 0 radical (unpaired) electrons. The van der Waals surface area contributed by atoms with Crippen LogP contribution in [0.1, 0.15) is 44.9 Å². The Morgan fingerprint density at radius 2 is 1.86 bits per heavy atom. The number of ether oxygens (including phenoxy) is 1. The highest BCUT2D eigenvalue weighted by Crippen LogP contribution is 2.39. The van der Waals surface area contributed by atoms with Crippen molar-refractivity contribution in [2.24, 2.45) is 10.4 Å². The number of halogens is 1. The molecule has 6 heteroatoms. The molecule has 2 saturated heterocycles. The average Bonchev–Trinajstić information content (AvgIpc) is 3.09. The van der Waals surface area contributed by atoms with Crippen LogP contribution in [0.2, 0.25) is 0 Å². The summed E-state index contributed by atoms with van der Waals surface area (Å²) < 4.78 is 5.51. The van der Waals surface area contributed by atoms with E-state index in [1.165, 1.54) is 19.3 Å². The maximum Gasteiger partial charge on any atom is 0.193 e. The Kier molecular flexibility index (Phi) is 6.36. The lowest BCUT2D eigenvalue weighted by Gasteiger charge is -2.34. The van der Waals surface area contributed by atoms with Gasteiger partial charge in [-0.25, -0.2) is 0 Å². The number of likely N-dealkylation sites (tertiary alicyclic amines) is 1. The Hall–Kier alpha value is -0.0800. The number of rotatable bonds is 2. The molecule has 3 rings (SSSR count). The molecule has 3 aliphatic rings. The molecule has 0 aromatic carbocycles. The molecule has 3 fully saturated rings. The van der Waals surface area contributed by atoms with E-state index in [-0.39, 0.29) is 24.0 Å². The zero-order valence-electron chi connectivity index (χ0n) is 13.6. The Bertz CT molecular complexity index is 391. The smallest absolute Gasteiger partial charge is 0.193 e. The summed E-state index contributed by atoms with van der Waals surface area (Å²) >= 11 is 0. The largest absolute Gasteiger partial charge is 0.388 e. The first-order valence-corrected chi connectivity index (χ1v) is 8.41. The monoisotopic (exact) mass is 423 g/mol. The van der Waals surface area contributed by atoms with Crippen molar-refractivity contribution in [2.45, 2.75) is 50.5 Å². The van der Waals surface area contributed by atoms with Crippen LogP contribution in [0.15, 0.2) is 4.99 Å². The SMILES string of the molecule is CN=C(NCC1(O)CCCC1)N1CCC2(CCOCC2)C1.I. The van der Waals surface area contributed by atoms with E-state index < -0.39 is 5.60 Å². The Balaban J connectivity index is 0.00000176. The van der Waals surface area contributed by atoms with Gasteiger partial charge in [0, 0.05) is 39.9 Å². The summed E-state index contributed by atoms with van der Waals surface area (Å²) in [7, 11) is 1.84. The molecule has 2 aliphatic heterocycles. The first-order chi connectivity index (χ1) is 10.1. The molecule has 1 spiro atoms. The molecule has 1 aliphatic carbocycles. The molecule has 0 atom stereocenters. The maximum atomic E-state index is 10.5. The number of hydrogen-bond donors (Lipinski definition) is 2. The van der Waals surface area contributed by atoms with Crippen molar-refractivity contribution in [1.29, 1.82) is 0 Å². The number of hydrogen-bond acceptors (Lipinski definition) is 3. The highest BCUT2D eigenvalue weighted by atomic mass is 127. The molecule has 0 amide bonds. The third kappa shape index (κ3) is 4.06. The lowest BCUT2D eigenvalue weighted by molar-refractivity contribution is 0.0216. The zero-order chi connectivity index (χ0) is 14.8. The van der Waals surface area contributed by atoms with Gasteiger partial charge in [-0.15, -0.1) is 24.0 Å². The third-order valence-corrected chi connectivity index (χ3v) is 5.61. The Morgan fingerprint density at radius 1 is 1.18 bits per heavy atom. The van der Waals surface area contributed by atoms with Crippen LogP contribution >= 0.6 is 24.0 Å². The molecule has 0 aromatic rings. The second-order valence-electron chi connectivity index (χ2n) is 7.12. The molecule has 22 heavy (non-hydrogen) atoms. The van der Waals surface area contributed by atoms with E-state index in [1.54, 1.807) is 0 Å². The van der Waals surface area contributed by atoms with Crippen molar-refractivity contribution >= 4 is 29.9 Å². The fourth-order valence-electron chi connectivity index (χ4n) is 4.11. The summed E-state index contributed by atoms with van der Waals surface area (Å²) in [5, 5.41) is 13.9. The zero-order valence-corrected chi connectivity index (χ0v) is 16.0. The minimum atomic E-state index is -0.522. The summed E-state index contributed by atoms with van der Waals surface area (Å²) in [5.41, 5.74) is -0.0911. The molecule has 2 heterocycles. The van der Waals surface area contributed by atoms with Crippen LogP contribution in [0.25, 0.3) is 0 Å². The predicted octanol–water partition coefficient (Wildman–Crippen LogP) is 1.99.